The fourth-order valence-corrected chi connectivity index (χ4v) is 1.24. The number of hydrogen-bond acceptors (Lipinski definition) is 4. The minimum atomic E-state index is 0.730. The van der Waals surface area contributed by atoms with Crippen LogP contribution in [-0.2, 0) is 4.74 Å². The van der Waals surface area contributed by atoms with Crippen LogP contribution in [0.1, 0.15) is 18.9 Å². The van der Waals surface area contributed by atoms with Crippen molar-refractivity contribution in [2.45, 2.75) is 20.3 Å². The van der Waals surface area contributed by atoms with E-state index < -0.39 is 0 Å². The highest BCUT2D eigenvalue weighted by Gasteiger charge is 2.01. The van der Waals surface area contributed by atoms with Crippen LogP contribution in [0.3, 0.4) is 0 Å². The molecule has 0 unspecified atom stereocenters. The van der Waals surface area contributed by atoms with E-state index in [1.807, 2.05) is 19.9 Å². The number of ether oxygens (including phenoxy) is 1. The number of rotatable bonds is 6. The third-order valence-electron chi connectivity index (χ3n) is 2.17. The molecule has 0 radical (unpaired) electrons. The van der Waals surface area contributed by atoms with Gasteiger partial charge in [0.05, 0.1) is 5.69 Å². The van der Waals surface area contributed by atoms with Crippen LogP contribution in [0.2, 0.25) is 0 Å². The number of pyridine rings is 1. The van der Waals surface area contributed by atoms with Gasteiger partial charge in [-0.1, -0.05) is 0 Å². The Kier molecular flexibility index (Phi) is 4.90. The van der Waals surface area contributed by atoms with Gasteiger partial charge in [-0.05, 0) is 31.9 Å². The summed E-state index contributed by atoms with van der Waals surface area (Å²) in [5.74, 6) is 0.770. The van der Waals surface area contributed by atoms with E-state index in [-0.39, 0.29) is 0 Å². The monoisotopic (exact) mass is 209 g/mol. The number of nitrogen functional groups attached to an aromatic ring is 1. The summed E-state index contributed by atoms with van der Waals surface area (Å²) < 4.78 is 5.23. The maximum atomic E-state index is 5.87. The second-order valence-corrected chi connectivity index (χ2v) is 3.37. The Morgan fingerprint density at radius 1 is 1.53 bits per heavy atom. The Bertz CT molecular complexity index is 302. The van der Waals surface area contributed by atoms with Crippen molar-refractivity contribution in [1.82, 2.24) is 4.98 Å². The molecule has 15 heavy (non-hydrogen) atoms. The zero-order valence-electron chi connectivity index (χ0n) is 9.42. The standard InChI is InChI=1S/C11H19N3O/c1-3-15-8-4-6-13-11-10(12)9(2)5-7-14-11/h5,7H,3-4,6,8,12H2,1-2H3,(H,13,14). The van der Waals surface area contributed by atoms with Crippen LogP contribution >= 0.6 is 0 Å². The molecule has 0 saturated heterocycles. The van der Waals surface area contributed by atoms with Gasteiger partial charge in [0.15, 0.2) is 0 Å². The van der Waals surface area contributed by atoms with Crippen molar-refractivity contribution in [3.8, 4) is 0 Å². The Morgan fingerprint density at radius 2 is 2.33 bits per heavy atom. The molecule has 4 nitrogen and oxygen atoms in total. The third kappa shape index (κ3) is 3.75. The maximum Gasteiger partial charge on any atom is 0.149 e. The molecule has 0 aliphatic heterocycles. The summed E-state index contributed by atoms with van der Waals surface area (Å²) in [5.41, 5.74) is 7.65. The average molecular weight is 209 g/mol. The van der Waals surface area contributed by atoms with Crippen LogP contribution in [0.25, 0.3) is 0 Å². The number of anilines is 2. The van der Waals surface area contributed by atoms with Gasteiger partial charge < -0.3 is 15.8 Å². The molecule has 0 aromatic carbocycles. The predicted molar refractivity (Wildman–Crippen MR) is 63.0 cm³/mol. The van der Waals surface area contributed by atoms with Crippen molar-refractivity contribution >= 4 is 11.5 Å². The van der Waals surface area contributed by atoms with E-state index in [1.165, 1.54) is 0 Å². The van der Waals surface area contributed by atoms with E-state index in [1.54, 1.807) is 6.20 Å². The van der Waals surface area contributed by atoms with Crippen molar-refractivity contribution in [2.24, 2.45) is 0 Å². The molecule has 0 bridgehead atoms. The quantitative estimate of drug-likeness (QED) is 0.701. The van der Waals surface area contributed by atoms with Gasteiger partial charge >= 0.3 is 0 Å². The molecule has 1 rings (SSSR count). The minimum Gasteiger partial charge on any atom is -0.396 e. The third-order valence-corrected chi connectivity index (χ3v) is 2.17. The Labute approximate surface area is 90.8 Å². The van der Waals surface area contributed by atoms with E-state index in [0.29, 0.717) is 0 Å². The number of hydrogen-bond donors (Lipinski definition) is 2. The molecule has 4 heteroatoms. The Hall–Kier alpha value is -1.29. The Balaban J connectivity index is 2.34. The lowest BCUT2D eigenvalue weighted by Crippen LogP contribution is -2.09. The van der Waals surface area contributed by atoms with E-state index in [2.05, 4.69) is 10.3 Å². The lowest BCUT2D eigenvalue weighted by Gasteiger charge is -2.09. The molecule has 0 aliphatic rings. The summed E-state index contributed by atoms with van der Waals surface area (Å²) in [6, 6.07) is 1.90. The molecule has 1 aromatic heterocycles. The fourth-order valence-electron chi connectivity index (χ4n) is 1.24. The zero-order valence-corrected chi connectivity index (χ0v) is 9.42. The summed E-state index contributed by atoms with van der Waals surface area (Å²) >= 11 is 0. The fraction of sp³-hybridized carbons (Fsp3) is 0.545. The first-order chi connectivity index (χ1) is 7.25. The first kappa shape index (κ1) is 11.8. The summed E-state index contributed by atoms with van der Waals surface area (Å²) in [6.07, 6.45) is 2.72. The van der Waals surface area contributed by atoms with Gasteiger partial charge in [0.25, 0.3) is 0 Å². The van der Waals surface area contributed by atoms with Crippen molar-refractivity contribution in [3.05, 3.63) is 17.8 Å². The summed E-state index contributed by atoms with van der Waals surface area (Å²) in [6.45, 7) is 6.34. The maximum absolute atomic E-state index is 5.87. The first-order valence-corrected chi connectivity index (χ1v) is 5.28. The van der Waals surface area contributed by atoms with Crippen molar-refractivity contribution < 1.29 is 4.74 Å². The van der Waals surface area contributed by atoms with Crippen molar-refractivity contribution in [1.29, 1.82) is 0 Å². The van der Waals surface area contributed by atoms with Crippen molar-refractivity contribution in [3.63, 3.8) is 0 Å². The largest absolute Gasteiger partial charge is 0.396 e. The van der Waals surface area contributed by atoms with Gasteiger partial charge in [-0.15, -0.1) is 0 Å². The number of nitrogens with zero attached hydrogens (tertiary/aromatic N) is 1. The van der Waals surface area contributed by atoms with E-state index in [9.17, 15) is 0 Å². The highest BCUT2D eigenvalue weighted by molar-refractivity contribution is 5.64. The predicted octanol–water partition coefficient (Wildman–Crippen LogP) is 1.81. The number of aromatic nitrogens is 1. The summed E-state index contributed by atoms with van der Waals surface area (Å²) in [4.78, 5) is 4.18. The molecule has 84 valence electrons. The molecule has 0 spiro atoms. The molecule has 0 amide bonds. The molecule has 0 saturated carbocycles. The average Bonchev–Trinajstić information content (AvgIpc) is 2.24. The zero-order chi connectivity index (χ0) is 11.1. The van der Waals surface area contributed by atoms with E-state index in [0.717, 1.165) is 43.2 Å². The van der Waals surface area contributed by atoms with Gasteiger partial charge in [-0.3, -0.25) is 0 Å². The van der Waals surface area contributed by atoms with Gasteiger partial charge in [-0.25, -0.2) is 4.98 Å². The smallest absolute Gasteiger partial charge is 0.149 e. The highest BCUT2D eigenvalue weighted by Crippen LogP contribution is 2.18. The van der Waals surface area contributed by atoms with Crippen LogP contribution in [0.15, 0.2) is 12.3 Å². The number of nitrogens with two attached hydrogens (primary N) is 1. The first-order valence-electron chi connectivity index (χ1n) is 5.28. The van der Waals surface area contributed by atoms with Crippen LogP contribution in [0.4, 0.5) is 11.5 Å². The molecule has 1 heterocycles. The second kappa shape index (κ2) is 6.24. The van der Waals surface area contributed by atoms with Gasteiger partial charge in [0.1, 0.15) is 5.82 Å². The lowest BCUT2D eigenvalue weighted by atomic mass is 10.2. The van der Waals surface area contributed by atoms with Gasteiger partial charge in [-0.2, -0.15) is 0 Å². The molecule has 0 atom stereocenters. The topological polar surface area (TPSA) is 60.2 Å². The van der Waals surface area contributed by atoms with Crippen LogP contribution in [0.5, 0.6) is 0 Å². The number of aryl methyl sites for hydroxylation is 1. The number of nitrogens with one attached hydrogen (secondary N) is 1. The highest BCUT2D eigenvalue weighted by atomic mass is 16.5. The minimum absolute atomic E-state index is 0.730. The molecular weight excluding hydrogens is 190 g/mol. The van der Waals surface area contributed by atoms with Crippen LogP contribution < -0.4 is 11.1 Å². The van der Waals surface area contributed by atoms with E-state index in [4.69, 9.17) is 10.5 Å². The van der Waals surface area contributed by atoms with E-state index >= 15 is 0 Å². The summed E-state index contributed by atoms with van der Waals surface area (Å²) in [5, 5.41) is 3.20. The van der Waals surface area contributed by atoms with Gasteiger partial charge in [0.2, 0.25) is 0 Å². The molecule has 0 fully saturated rings. The second-order valence-electron chi connectivity index (χ2n) is 3.37. The summed E-state index contributed by atoms with van der Waals surface area (Å²) in [7, 11) is 0. The normalized spacial score (nSPS) is 10.3. The SMILES string of the molecule is CCOCCCNc1nccc(C)c1N. The van der Waals surface area contributed by atoms with Crippen molar-refractivity contribution in [2.75, 3.05) is 30.8 Å². The molecule has 3 N–H and O–H groups in total. The lowest BCUT2D eigenvalue weighted by molar-refractivity contribution is 0.147. The van der Waals surface area contributed by atoms with Crippen LogP contribution in [-0.4, -0.2) is 24.7 Å². The van der Waals surface area contributed by atoms with Crippen LogP contribution in [0, 0.1) is 6.92 Å². The Morgan fingerprint density at radius 3 is 3.07 bits per heavy atom. The molecule has 0 aliphatic carbocycles. The molecule has 1 aromatic rings. The molecular formula is C11H19N3O. The van der Waals surface area contributed by atoms with Gasteiger partial charge in [0, 0.05) is 26.0 Å².